The average molecular weight is 371 g/mol. The van der Waals surface area contributed by atoms with Crippen molar-refractivity contribution in [2.24, 2.45) is 0 Å². The molecule has 0 radical (unpaired) electrons. The molecule has 8 heteroatoms. The predicted octanol–water partition coefficient (Wildman–Crippen LogP) is 3.19. The fourth-order valence-corrected chi connectivity index (χ4v) is 3.28. The van der Waals surface area contributed by atoms with E-state index in [4.69, 9.17) is 11.6 Å². The summed E-state index contributed by atoms with van der Waals surface area (Å²) in [5.74, 6) is -0.969. The lowest BCUT2D eigenvalue weighted by atomic mass is 10.2. The van der Waals surface area contributed by atoms with Gasteiger partial charge in [0.15, 0.2) is 0 Å². The number of amides is 1. The third-order valence-corrected chi connectivity index (χ3v) is 4.60. The Kier molecular flexibility index (Phi) is 5.46. The molecule has 0 aromatic heterocycles. The number of sulfonamides is 1. The fraction of sp³-hybridized carbons (Fsp3) is 0.188. The number of hydrogen-bond acceptors (Lipinski definition) is 3. The monoisotopic (exact) mass is 370 g/mol. The van der Waals surface area contributed by atoms with Gasteiger partial charge in [0, 0.05) is 10.7 Å². The maximum atomic E-state index is 12.9. The van der Waals surface area contributed by atoms with Gasteiger partial charge >= 0.3 is 0 Å². The van der Waals surface area contributed by atoms with Crippen LogP contribution in [0.25, 0.3) is 0 Å². The minimum Gasteiger partial charge on any atom is -0.325 e. The second-order valence-corrected chi connectivity index (χ2v) is 7.60. The van der Waals surface area contributed by atoms with Gasteiger partial charge in [0.05, 0.1) is 11.9 Å². The Bertz CT molecular complexity index is 854. The predicted molar refractivity (Wildman–Crippen MR) is 93.4 cm³/mol. The van der Waals surface area contributed by atoms with Crippen LogP contribution >= 0.6 is 11.6 Å². The van der Waals surface area contributed by atoms with E-state index in [2.05, 4.69) is 5.32 Å². The summed E-state index contributed by atoms with van der Waals surface area (Å²) in [4.78, 5) is 12.2. The highest BCUT2D eigenvalue weighted by atomic mass is 35.5. The lowest BCUT2D eigenvalue weighted by Gasteiger charge is -2.23. The van der Waals surface area contributed by atoms with Crippen LogP contribution in [0.15, 0.2) is 42.5 Å². The van der Waals surface area contributed by atoms with Crippen LogP contribution < -0.4 is 9.62 Å². The first-order valence-corrected chi connectivity index (χ1v) is 9.19. The van der Waals surface area contributed by atoms with Crippen LogP contribution in [0.1, 0.15) is 5.56 Å². The summed E-state index contributed by atoms with van der Waals surface area (Å²) in [6.07, 6.45) is 1.02. The van der Waals surface area contributed by atoms with E-state index in [0.29, 0.717) is 22.0 Å². The van der Waals surface area contributed by atoms with Crippen LogP contribution in [0.5, 0.6) is 0 Å². The fourth-order valence-electron chi connectivity index (χ4n) is 2.14. The smallest absolute Gasteiger partial charge is 0.245 e. The van der Waals surface area contributed by atoms with E-state index >= 15 is 0 Å². The molecular formula is C16H16ClFN2O3S. The van der Waals surface area contributed by atoms with Crippen LogP contribution in [-0.4, -0.2) is 27.1 Å². The molecule has 0 atom stereocenters. The summed E-state index contributed by atoms with van der Waals surface area (Å²) < 4.78 is 38.0. The number of nitrogens with one attached hydrogen (secondary N) is 1. The third-order valence-electron chi connectivity index (χ3n) is 3.24. The molecule has 0 saturated carbocycles. The molecule has 2 aromatic carbocycles. The number of rotatable bonds is 5. The normalized spacial score (nSPS) is 11.2. The molecule has 0 aliphatic rings. The number of carbonyl (C=O) groups excluding carboxylic acids is 1. The standard InChI is InChI=1S/C16H16ClFN2O3S/c1-11-9-12(17)3-8-15(11)20(24(2,22)23)10-16(21)19-14-6-4-13(18)5-7-14/h3-9H,10H2,1-2H3,(H,19,21). The van der Waals surface area contributed by atoms with Gasteiger partial charge in [0.25, 0.3) is 0 Å². The van der Waals surface area contributed by atoms with Gasteiger partial charge in [0.1, 0.15) is 12.4 Å². The molecule has 0 saturated heterocycles. The lowest BCUT2D eigenvalue weighted by molar-refractivity contribution is -0.114. The van der Waals surface area contributed by atoms with E-state index in [-0.39, 0.29) is 0 Å². The number of aryl methyl sites for hydroxylation is 1. The summed E-state index contributed by atoms with van der Waals surface area (Å²) in [5, 5.41) is 3.01. The highest BCUT2D eigenvalue weighted by molar-refractivity contribution is 7.92. The van der Waals surface area contributed by atoms with Crippen molar-refractivity contribution in [2.75, 3.05) is 22.4 Å². The van der Waals surface area contributed by atoms with E-state index in [1.54, 1.807) is 25.1 Å². The van der Waals surface area contributed by atoms with Crippen LogP contribution in [0.4, 0.5) is 15.8 Å². The second kappa shape index (κ2) is 7.19. The highest BCUT2D eigenvalue weighted by Gasteiger charge is 2.22. The molecule has 24 heavy (non-hydrogen) atoms. The van der Waals surface area contributed by atoms with Crippen molar-refractivity contribution in [1.82, 2.24) is 0 Å². The van der Waals surface area contributed by atoms with Gasteiger partial charge < -0.3 is 5.32 Å². The van der Waals surface area contributed by atoms with E-state index in [1.807, 2.05) is 0 Å². The van der Waals surface area contributed by atoms with Crippen molar-refractivity contribution < 1.29 is 17.6 Å². The van der Waals surface area contributed by atoms with Gasteiger partial charge in [-0.25, -0.2) is 12.8 Å². The molecule has 1 amide bonds. The Morgan fingerprint density at radius 2 is 1.83 bits per heavy atom. The number of benzene rings is 2. The summed E-state index contributed by atoms with van der Waals surface area (Å²) >= 11 is 5.88. The van der Waals surface area contributed by atoms with Gasteiger partial charge in [-0.3, -0.25) is 9.10 Å². The van der Waals surface area contributed by atoms with Gasteiger partial charge in [-0.2, -0.15) is 0 Å². The van der Waals surface area contributed by atoms with Crippen LogP contribution in [0.3, 0.4) is 0 Å². The number of halogens is 2. The largest absolute Gasteiger partial charge is 0.325 e. The molecule has 0 aliphatic carbocycles. The average Bonchev–Trinajstić information content (AvgIpc) is 2.47. The summed E-state index contributed by atoms with van der Waals surface area (Å²) in [6, 6.07) is 9.91. The first-order chi connectivity index (χ1) is 11.2. The number of hydrogen-bond donors (Lipinski definition) is 1. The van der Waals surface area contributed by atoms with Gasteiger partial charge in [-0.1, -0.05) is 11.6 Å². The van der Waals surface area contributed by atoms with Crippen LogP contribution in [0.2, 0.25) is 5.02 Å². The Labute approximate surface area is 145 Å². The number of anilines is 2. The molecule has 0 aliphatic heterocycles. The summed E-state index contributed by atoms with van der Waals surface area (Å²) in [7, 11) is -3.68. The SMILES string of the molecule is Cc1cc(Cl)ccc1N(CC(=O)Nc1ccc(F)cc1)S(C)(=O)=O. The molecule has 128 valence electrons. The minimum atomic E-state index is -3.68. The Morgan fingerprint density at radius 3 is 2.38 bits per heavy atom. The third kappa shape index (κ3) is 4.69. The zero-order valence-electron chi connectivity index (χ0n) is 13.1. The van der Waals surface area contributed by atoms with Crippen molar-refractivity contribution in [1.29, 1.82) is 0 Å². The molecule has 2 rings (SSSR count). The second-order valence-electron chi connectivity index (χ2n) is 5.26. The highest BCUT2D eigenvalue weighted by Crippen LogP contribution is 2.25. The van der Waals surface area contributed by atoms with Crippen molar-refractivity contribution in [3.05, 3.63) is 58.9 Å². The molecule has 0 unspecified atom stereocenters. The van der Waals surface area contributed by atoms with Crippen molar-refractivity contribution in [3.8, 4) is 0 Å². The van der Waals surface area contributed by atoms with Crippen molar-refractivity contribution >= 4 is 38.9 Å². The maximum Gasteiger partial charge on any atom is 0.245 e. The topological polar surface area (TPSA) is 66.5 Å². The van der Waals surface area contributed by atoms with Gasteiger partial charge in [0.2, 0.25) is 15.9 Å². The Balaban J connectivity index is 2.23. The van der Waals surface area contributed by atoms with E-state index in [0.717, 1.165) is 10.6 Å². The zero-order chi connectivity index (χ0) is 17.9. The van der Waals surface area contributed by atoms with Crippen LogP contribution in [0, 0.1) is 12.7 Å². The lowest BCUT2D eigenvalue weighted by Crippen LogP contribution is -2.37. The Morgan fingerprint density at radius 1 is 1.21 bits per heavy atom. The Hall–Kier alpha value is -2.12. The van der Waals surface area contributed by atoms with Gasteiger partial charge in [-0.15, -0.1) is 0 Å². The van der Waals surface area contributed by atoms with E-state index < -0.39 is 28.3 Å². The summed E-state index contributed by atoms with van der Waals surface area (Å²) in [6.45, 7) is 1.30. The van der Waals surface area contributed by atoms with Crippen molar-refractivity contribution in [3.63, 3.8) is 0 Å². The van der Waals surface area contributed by atoms with Crippen LogP contribution in [-0.2, 0) is 14.8 Å². The van der Waals surface area contributed by atoms with Gasteiger partial charge in [-0.05, 0) is 55.0 Å². The molecule has 2 aromatic rings. The number of nitrogens with zero attached hydrogens (tertiary/aromatic N) is 1. The molecule has 0 heterocycles. The molecular weight excluding hydrogens is 355 g/mol. The quantitative estimate of drug-likeness (QED) is 0.878. The molecule has 1 N–H and O–H groups in total. The molecule has 5 nitrogen and oxygen atoms in total. The molecule has 0 bridgehead atoms. The zero-order valence-corrected chi connectivity index (χ0v) is 14.7. The summed E-state index contributed by atoms with van der Waals surface area (Å²) in [5.41, 5.74) is 1.38. The first-order valence-electron chi connectivity index (χ1n) is 6.96. The molecule has 0 spiro atoms. The maximum absolute atomic E-state index is 12.9. The minimum absolute atomic E-state index is 0.371. The first kappa shape index (κ1) is 18.2. The number of carbonyl (C=O) groups is 1. The van der Waals surface area contributed by atoms with Crippen molar-refractivity contribution in [2.45, 2.75) is 6.92 Å². The van der Waals surface area contributed by atoms with E-state index in [1.165, 1.54) is 24.3 Å². The molecule has 0 fully saturated rings. The van der Waals surface area contributed by atoms with E-state index in [9.17, 15) is 17.6 Å².